The monoisotopic (exact) mass is 245 g/mol. The van der Waals surface area contributed by atoms with Crippen molar-refractivity contribution in [2.24, 2.45) is 5.10 Å². The summed E-state index contributed by atoms with van der Waals surface area (Å²) in [6, 6.07) is 5.41. The van der Waals surface area contributed by atoms with Crippen molar-refractivity contribution < 1.29 is 4.79 Å². The van der Waals surface area contributed by atoms with Crippen LogP contribution in [0.15, 0.2) is 41.1 Å². The van der Waals surface area contributed by atoms with Crippen molar-refractivity contribution in [3.05, 3.63) is 52.0 Å². The molecule has 2 heterocycles. The number of amides is 1. The zero-order chi connectivity index (χ0) is 12.1. The van der Waals surface area contributed by atoms with Gasteiger partial charge < -0.3 is 0 Å². The van der Waals surface area contributed by atoms with Gasteiger partial charge in [0, 0.05) is 17.3 Å². The van der Waals surface area contributed by atoms with E-state index in [1.165, 1.54) is 6.20 Å². The second kappa shape index (κ2) is 5.36. The van der Waals surface area contributed by atoms with E-state index in [-0.39, 0.29) is 5.91 Å². The fourth-order valence-corrected chi connectivity index (χ4v) is 2.01. The highest BCUT2D eigenvalue weighted by atomic mass is 32.1. The summed E-state index contributed by atoms with van der Waals surface area (Å²) in [7, 11) is 0. The number of carbonyl (C=O) groups excluding carboxylic acids is 1. The van der Waals surface area contributed by atoms with E-state index in [2.05, 4.69) is 15.5 Å². The van der Waals surface area contributed by atoms with E-state index < -0.39 is 0 Å². The van der Waals surface area contributed by atoms with Gasteiger partial charge in [-0.05, 0) is 36.1 Å². The van der Waals surface area contributed by atoms with Crippen LogP contribution in [0.5, 0.6) is 0 Å². The van der Waals surface area contributed by atoms with Crippen molar-refractivity contribution >= 4 is 23.5 Å². The molecular formula is C12H11N3OS. The summed E-state index contributed by atoms with van der Waals surface area (Å²) in [6.45, 7) is 2.00. The Morgan fingerprint density at radius 3 is 3.06 bits per heavy atom. The lowest BCUT2D eigenvalue weighted by Crippen LogP contribution is -2.17. The number of carbonyl (C=O) groups is 1. The minimum atomic E-state index is -0.261. The van der Waals surface area contributed by atoms with Crippen molar-refractivity contribution in [2.75, 3.05) is 0 Å². The van der Waals surface area contributed by atoms with Gasteiger partial charge in [0.1, 0.15) is 0 Å². The molecule has 1 N–H and O–H groups in total. The minimum Gasteiger partial charge on any atom is -0.267 e. The summed E-state index contributed by atoms with van der Waals surface area (Å²) in [5.41, 5.74) is 4.10. The van der Waals surface area contributed by atoms with Crippen LogP contribution >= 0.6 is 11.3 Å². The van der Waals surface area contributed by atoms with Gasteiger partial charge in [-0.3, -0.25) is 9.78 Å². The van der Waals surface area contributed by atoms with E-state index in [4.69, 9.17) is 0 Å². The Morgan fingerprint density at radius 2 is 2.41 bits per heavy atom. The van der Waals surface area contributed by atoms with Crippen LogP contribution in [0.1, 0.15) is 20.8 Å². The Balaban J connectivity index is 1.97. The first-order chi connectivity index (χ1) is 8.27. The average Bonchev–Trinajstić information content (AvgIpc) is 2.76. The van der Waals surface area contributed by atoms with Crippen LogP contribution < -0.4 is 5.43 Å². The lowest BCUT2D eigenvalue weighted by atomic mass is 10.3. The van der Waals surface area contributed by atoms with Gasteiger partial charge in [-0.2, -0.15) is 5.10 Å². The molecule has 0 spiro atoms. The zero-order valence-electron chi connectivity index (χ0n) is 9.25. The molecule has 1 amide bonds. The number of aryl methyl sites for hydroxylation is 1. The number of nitrogens with zero attached hydrogens (tertiary/aromatic N) is 2. The van der Waals surface area contributed by atoms with Gasteiger partial charge in [0.15, 0.2) is 0 Å². The highest BCUT2D eigenvalue weighted by molar-refractivity contribution is 7.11. The van der Waals surface area contributed by atoms with Gasteiger partial charge in [0.25, 0.3) is 5.91 Å². The fraction of sp³-hybridized carbons (Fsp3) is 0.0833. The molecule has 0 saturated heterocycles. The molecule has 0 bridgehead atoms. The number of aromatic nitrogens is 1. The second-order valence-corrected chi connectivity index (χ2v) is 4.36. The number of rotatable bonds is 3. The van der Waals surface area contributed by atoms with Gasteiger partial charge in [-0.25, -0.2) is 5.43 Å². The van der Waals surface area contributed by atoms with Gasteiger partial charge in [-0.15, -0.1) is 11.3 Å². The number of hydrogen-bond acceptors (Lipinski definition) is 4. The highest BCUT2D eigenvalue weighted by Crippen LogP contribution is 2.12. The topological polar surface area (TPSA) is 54.4 Å². The maximum atomic E-state index is 11.6. The van der Waals surface area contributed by atoms with E-state index >= 15 is 0 Å². The predicted octanol–water partition coefficient (Wildman–Crippen LogP) is 2.22. The first-order valence-corrected chi connectivity index (χ1v) is 5.93. The Kier molecular flexibility index (Phi) is 3.62. The minimum absolute atomic E-state index is 0.261. The molecule has 17 heavy (non-hydrogen) atoms. The number of thiophene rings is 1. The Bertz CT molecular complexity index is 534. The maximum Gasteiger partial charge on any atom is 0.272 e. The van der Waals surface area contributed by atoms with Crippen molar-refractivity contribution in [1.82, 2.24) is 10.4 Å². The summed E-state index contributed by atoms with van der Waals surface area (Å²) in [4.78, 5) is 16.5. The van der Waals surface area contributed by atoms with Crippen molar-refractivity contribution in [1.29, 1.82) is 0 Å². The molecular weight excluding hydrogens is 234 g/mol. The molecule has 0 radical (unpaired) electrons. The third-order valence-electron chi connectivity index (χ3n) is 2.17. The molecule has 5 heteroatoms. The summed E-state index contributed by atoms with van der Waals surface area (Å²) in [5.74, 6) is -0.261. The van der Waals surface area contributed by atoms with Crippen LogP contribution in [0.25, 0.3) is 0 Å². The predicted molar refractivity (Wildman–Crippen MR) is 68.4 cm³/mol. The number of hydrazone groups is 1. The molecule has 0 aliphatic heterocycles. The van der Waals surface area contributed by atoms with E-state index in [1.54, 1.807) is 35.9 Å². The molecule has 0 atom stereocenters. The number of nitrogens with one attached hydrogen (secondary N) is 1. The maximum absolute atomic E-state index is 11.6. The van der Waals surface area contributed by atoms with Crippen molar-refractivity contribution in [2.45, 2.75) is 6.92 Å². The zero-order valence-corrected chi connectivity index (χ0v) is 10.1. The molecule has 86 valence electrons. The van der Waals surface area contributed by atoms with Gasteiger partial charge in [0.05, 0.1) is 11.8 Å². The van der Waals surface area contributed by atoms with Crippen LogP contribution in [0.3, 0.4) is 0 Å². The van der Waals surface area contributed by atoms with Crippen LogP contribution in [-0.2, 0) is 0 Å². The standard InChI is InChI=1S/C12H11N3OS/c1-9-4-6-17-11(9)8-14-15-12(16)10-3-2-5-13-7-10/h2-8H,1H3,(H,15,16)/b14-8-. The molecule has 4 nitrogen and oxygen atoms in total. The van der Waals surface area contributed by atoms with Crippen LogP contribution in [0.4, 0.5) is 0 Å². The van der Waals surface area contributed by atoms with Gasteiger partial charge in [0.2, 0.25) is 0 Å². The van der Waals surface area contributed by atoms with Crippen LogP contribution in [0, 0.1) is 6.92 Å². The average molecular weight is 245 g/mol. The van der Waals surface area contributed by atoms with E-state index in [0.29, 0.717) is 5.56 Å². The third kappa shape index (κ3) is 2.98. The van der Waals surface area contributed by atoms with E-state index in [1.807, 2.05) is 18.4 Å². The van der Waals surface area contributed by atoms with E-state index in [9.17, 15) is 4.79 Å². The van der Waals surface area contributed by atoms with Crippen LogP contribution in [-0.4, -0.2) is 17.1 Å². The summed E-state index contributed by atoms with van der Waals surface area (Å²) in [5, 5.41) is 5.89. The molecule has 2 rings (SSSR count). The quantitative estimate of drug-likeness (QED) is 0.666. The second-order valence-electron chi connectivity index (χ2n) is 3.41. The molecule has 0 fully saturated rings. The number of pyridine rings is 1. The Labute approximate surface area is 103 Å². The Hall–Kier alpha value is -2.01. The lowest BCUT2D eigenvalue weighted by Gasteiger charge is -1.97. The summed E-state index contributed by atoms with van der Waals surface area (Å²) < 4.78 is 0. The molecule has 0 aliphatic carbocycles. The van der Waals surface area contributed by atoms with E-state index in [0.717, 1.165) is 10.4 Å². The highest BCUT2D eigenvalue weighted by Gasteiger charge is 2.02. The largest absolute Gasteiger partial charge is 0.272 e. The summed E-state index contributed by atoms with van der Waals surface area (Å²) in [6.07, 6.45) is 4.77. The molecule has 2 aromatic rings. The SMILES string of the molecule is Cc1ccsc1/C=N\NC(=O)c1cccnc1. The van der Waals surface area contributed by atoms with Crippen LogP contribution in [0.2, 0.25) is 0 Å². The summed E-state index contributed by atoms with van der Waals surface area (Å²) >= 11 is 1.58. The molecule has 0 saturated carbocycles. The van der Waals surface area contributed by atoms with Gasteiger partial charge >= 0.3 is 0 Å². The fourth-order valence-electron chi connectivity index (χ4n) is 1.23. The smallest absolute Gasteiger partial charge is 0.267 e. The third-order valence-corrected chi connectivity index (χ3v) is 3.13. The molecule has 2 aromatic heterocycles. The van der Waals surface area contributed by atoms with Crippen molar-refractivity contribution in [3.8, 4) is 0 Å². The first kappa shape index (κ1) is 11.5. The lowest BCUT2D eigenvalue weighted by molar-refractivity contribution is 0.0955. The molecule has 0 aromatic carbocycles. The molecule has 0 aliphatic rings. The van der Waals surface area contributed by atoms with Crippen molar-refractivity contribution in [3.63, 3.8) is 0 Å². The normalized spacial score (nSPS) is 10.6. The Morgan fingerprint density at radius 1 is 1.53 bits per heavy atom. The van der Waals surface area contributed by atoms with Gasteiger partial charge in [-0.1, -0.05) is 0 Å². The molecule has 0 unspecified atom stereocenters. The number of hydrogen-bond donors (Lipinski definition) is 1. The first-order valence-electron chi connectivity index (χ1n) is 5.05.